The third kappa shape index (κ3) is 2.83. The van der Waals surface area contributed by atoms with Gasteiger partial charge in [-0.15, -0.1) is 0 Å². The van der Waals surface area contributed by atoms with Crippen molar-refractivity contribution in [2.45, 2.75) is 39.5 Å². The van der Waals surface area contributed by atoms with E-state index < -0.39 is 0 Å². The molecule has 1 saturated heterocycles. The van der Waals surface area contributed by atoms with Gasteiger partial charge in [-0.05, 0) is 43.5 Å². The van der Waals surface area contributed by atoms with E-state index in [0.717, 1.165) is 13.1 Å². The van der Waals surface area contributed by atoms with Gasteiger partial charge in [0.15, 0.2) is 5.76 Å². The van der Waals surface area contributed by atoms with E-state index in [1.807, 2.05) is 0 Å². The highest BCUT2D eigenvalue weighted by Crippen LogP contribution is 2.37. The summed E-state index contributed by atoms with van der Waals surface area (Å²) in [5.74, 6) is 0.582. The van der Waals surface area contributed by atoms with Crippen molar-refractivity contribution in [2.75, 3.05) is 19.6 Å². The van der Waals surface area contributed by atoms with Gasteiger partial charge >= 0.3 is 0 Å². The SMILES string of the molecule is CCC1(CC)CCN(CC(=O)c2ccco2)CC1. The molecular weight excluding hydrogens is 226 g/mol. The molecule has 1 fully saturated rings. The van der Waals surface area contributed by atoms with Gasteiger partial charge in [0.1, 0.15) is 0 Å². The molecule has 18 heavy (non-hydrogen) atoms. The summed E-state index contributed by atoms with van der Waals surface area (Å²) in [5, 5.41) is 0. The molecule has 0 amide bonds. The zero-order chi connectivity index (χ0) is 13.0. The summed E-state index contributed by atoms with van der Waals surface area (Å²) < 4.78 is 5.14. The summed E-state index contributed by atoms with van der Waals surface area (Å²) in [5.41, 5.74) is 0.518. The van der Waals surface area contributed by atoms with Crippen LogP contribution in [0.2, 0.25) is 0 Å². The summed E-state index contributed by atoms with van der Waals surface area (Å²) in [6.45, 7) is 7.14. The maximum atomic E-state index is 11.9. The molecule has 1 aromatic rings. The molecule has 0 bridgehead atoms. The van der Waals surface area contributed by atoms with Crippen LogP contribution in [0.4, 0.5) is 0 Å². The fourth-order valence-corrected chi connectivity index (χ4v) is 2.86. The quantitative estimate of drug-likeness (QED) is 0.750. The molecule has 2 heterocycles. The van der Waals surface area contributed by atoms with E-state index in [1.54, 1.807) is 18.4 Å². The van der Waals surface area contributed by atoms with Crippen LogP contribution in [-0.2, 0) is 0 Å². The van der Waals surface area contributed by atoms with E-state index in [2.05, 4.69) is 18.7 Å². The Kier molecular flexibility index (Phi) is 4.23. The summed E-state index contributed by atoms with van der Waals surface area (Å²) in [7, 11) is 0. The van der Waals surface area contributed by atoms with Crippen molar-refractivity contribution in [1.29, 1.82) is 0 Å². The monoisotopic (exact) mass is 249 g/mol. The van der Waals surface area contributed by atoms with E-state index in [4.69, 9.17) is 4.42 Å². The first kappa shape index (κ1) is 13.3. The van der Waals surface area contributed by atoms with E-state index in [0.29, 0.717) is 17.7 Å². The van der Waals surface area contributed by atoms with Gasteiger partial charge in [0.25, 0.3) is 0 Å². The van der Waals surface area contributed by atoms with Crippen LogP contribution in [0.1, 0.15) is 50.1 Å². The number of rotatable bonds is 5. The second kappa shape index (κ2) is 5.70. The summed E-state index contributed by atoms with van der Waals surface area (Å²) in [6, 6.07) is 3.51. The molecule has 0 atom stereocenters. The van der Waals surface area contributed by atoms with Gasteiger partial charge in [0.05, 0.1) is 12.8 Å². The zero-order valence-corrected chi connectivity index (χ0v) is 11.4. The molecule has 0 radical (unpaired) electrons. The second-order valence-electron chi connectivity index (χ2n) is 5.38. The predicted octanol–water partition coefficient (Wildman–Crippen LogP) is 3.36. The molecule has 2 rings (SSSR count). The first-order valence-electron chi connectivity index (χ1n) is 6.98. The normalized spacial score (nSPS) is 19.9. The highest BCUT2D eigenvalue weighted by atomic mass is 16.3. The molecule has 0 N–H and O–H groups in total. The zero-order valence-electron chi connectivity index (χ0n) is 11.4. The molecule has 100 valence electrons. The molecule has 1 aliphatic heterocycles. The minimum atomic E-state index is 0.0977. The Morgan fingerprint density at radius 3 is 2.50 bits per heavy atom. The number of carbonyl (C=O) groups excluding carboxylic acids is 1. The van der Waals surface area contributed by atoms with Gasteiger partial charge in [-0.3, -0.25) is 9.69 Å². The Hall–Kier alpha value is -1.09. The van der Waals surface area contributed by atoms with Crippen molar-refractivity contribution >= 4 is 5.78 Å². The molecule has 1 aliphatic rings. The molecule has 0 saturated carbocycles. The summed E-state index contributed by atoms with van der Waals surface area (Å²) in [6.07, 6.45) is 6.49. The fourth-order valence-electron chi connectivity index (χ4n) is 2.86. The van der Waals surface area contributed by atoms with E-state index >= 15 is 0 Å². The molecule has 3 heteroatoms. The predicted molar refractivity (Wildman–Crippen MR) is 71.7 cm³/mol. The van der Waals surface area contributed by atoms with Crippen molar-refractivity contribution in [3.8, 4) is 0 Å². The Balaban J connectivity index is 1.85. The first-order chi connectivity index (χ1) is 8.69. The number of likely N-dealkylation sites (tertiary alicyclic amines) is 1. The van der Waals surface area contributed by atoms with Crippen LogP contribution in [0.3, 0.4) is 0 Å². The average Bonchev–Trinajstić information content (AvgIpc) is 2.94. The van der Waals surface area contributed by atoms with Gasteiger partial charge in [-0.1, -0.05) is 26.7 Å². The molecule has 0 spiro atoms. The second-order valence-corrected chi connectivity index (χ2v) is 5.38. The topological polar surface area (TPSA) is 33.5 Å². The van der Waals surface area contributed by atoms with Crippen molar-refractivity contribution in [3.05, 3.63) is 24.2 Å². The number of nitrogens with zero attached hydrogens (tertiary/aromatic N) is 1. The third-order valence-electron chi connectivity index (χ3n) is 4.58. The van der Waals surface area contributed by atoms with E-state index in [9.17, 15) is 4.79 Å². The highest BCUT2D eigenvalue weighted by molar-refractivity contribution is 5.94. The molecule has 1 aromatic heterocycles. The Labute approximate surface area is 109 Å². The number of ketones is 1. The maximum Gasteiger partial charge on any atom is 0.211 e. The van der Waals surface area contributed by atoms with Crippen LogP contribution in [0, 0.1) is 5.41 Å². The molecule has 0 aliphatic carbocycles. The van der Waals surface area contributed by atoms with Crippen LogP contribution >= 0.6 is 0 Å². The van der Waals surface area contributed by atoms with Crippen molar-refractivity contribution < 1.29 is 9.21 Å². The number of Topliss-reactive ketones (excluding diaryl/α,β-unsaturated/α-hetero) is 1. The first-order valence-corrected chi connectivity index (χ1v) is 6.98. The van der Waals surface area contributed by atoms with Gasteiger partial charge in [0, 0.05) is 0 Å². The standard InChI is InChI=1S/C15H23NO2/c1-3-15(4-2)7-9-16(10-8-15)12-13(17)14-6-5-11-18-14/h5-6,11H,3-4,7-10,12H2,1-2H3. The Morgan fingerprint density at radius 1 is 1.33 bits per heavy atom. The van der Waals surface area contributed by atoms with Gasteiger partial charge in [0.2, 0.25) is 5.78 Å². The van der Waals surface area contributed by atoms with E-state index in [-0.39, 0.29) is 5.78 Å². The third-order valence-corrected chi connectivity index (χ3v) is 4.58. The minimum Gasteiger partial charge on any atom is -0.461 e. The van der Waals surface area contributed by atoms with Crippen molar-refractivity contribution in [1.82, 2.24) is 4.90 Å². The molecule has 0 unspecified atom stereocenters. The minimum absolute atomic E-state index is 0.0977. The van der Waals surface area contributed by atoms with Crippen LogP contribution in [0.15, 0.2) is 22.8 Å². The van der Waals surface area contributed by atoms with Crippen LogP contribution in [-0.4, -0.2) is 30.3 Å². The largest absolute Gasteiger partial charge is 0.461 e. The van der Waals surface area contributed by atoms with Gasteiger partial charge in [-0.2, -0.15) is 0 Å². The number of hydrogen-bond acceptors (Lipinski definition) is 3. The molecular formula is C15H23NO2. The number of piperidine rings is 1. The number of hydrogen-bond donors (Lipinski definition) is 0. The van der Waals surface area contributed by atoms with Crippen molar-refractivity contribution in [3.63, 3.8) is 0 Å². The lowest BCUT2D eigenvalue weighted by Crippen LogP contribution is -2.41. The summed E-state index contributed by atoms with van der Waals surface area (Å²) >= 11 is 0. The highest BCUT2D eigenvalue weighted by Gasteiger charge is 2.31. The van der Waals surface area contributed by atoms with Crippen LogP contribution in [0.25, 0.3) is 0 Å². The van der Waals surface area contributed by atoms with Gasteiger partial charge < -0.3 is 4.42 Å². The Bertz CT molecular complexity index is 369. The van der Waals surface area contributed by atoms with Gasteiger partial charge in [-0.25, -0.2) is 0 Å². The lowest BCUT2D eigenvalue weighted by molar-refractivity contribution is 0.0736. The smallest absolute Gasteiger partial charge is 0.211 e. The van der Waals surface area contributed by atoms with Crippen molar-refractivity contribution in [2.24, 2.45) is 5.41 Å². The van der Waals surface area contributed by atoms with Crippen LogP contribution < -0.4 is 0 Å². The number of carbonyl (C=O) groups is 1. The summed E-state index contributed by atoms with van der Waals surface area (Å²) in [4.78, 5) is 14.2. The molecule has 0 aromatic carbocycles. The lowest BCUT2D eigenvalue weighted by atomic mass is 9.74. The molecule has 3 nitrogen and oxygen atoms in total. The fraction of sp³-hybridized carbons (Fsp3) is 0.667. The van der Waals surface area contributed by atoms with Crippen LogP contribution in [0.5, 0.6) is 0 Å². The maximum absolute atomic E-state index is 11.9. The Morgan fingerprint density at radius 2 is 2.00 bits per heavy atom. The average molecular weight is 249 g/mol. The lowest BCUT2D eigenvalue weighted by Gasteiger charge is -2.40. The van der Waals surface area contributed by atoms with E-state index in [1.165, 1.54) is 25.7 Å². The number of furan rings is 1.